The lowest BCUT2D eigenvalue weighted by molar-refractivity contribution is -0.137. The molecule has 0 N–H and O–H groups in total. The van der Waals surface area contributed by atoms with Gasteiger partial charge in [-0.3, -0.25) is 0 Å². The molecule has 5 nitrogen and oxygen atoms in total. The molecule has 0 rings (SSSR count). The minimum atomic E-state index is -2.19. The summed E-state index contributed by atoms with van der Waals surface area (Å²) in [6.07, 6.45) is 1.18. The van der Waals surface area contributed by atoms with E-state index in [4.69, 9.17) is 17.1 Å². The first-order valence-electron chi connectivity index (χ1n) is 7.30. The lowest BCUT2D eigenvalue weighted by atomic mass is 10.6. The molecule has 0 saturated carbocycles. The van der Waals surface area contributed by atoms with E-state index in [9.17, 15) is 4.79 Å². The van der Waals surface area contributed by atoms with Gasteiger partial charge in [0.15, 0.2) is 17.4 Å². The topological polar surface area (TPSA) is 54.0 Å². The molecule has 0 aliphatic carbocycles. The zero-order valence-corrected chi connectivity index (χ0v) is 18.7. The standard InChI is InChI=1S/C12H30O5Si4/c1-9-12(13)14-10-11-20(5,6)17-21(7,8)16-19(4)15-18(2)3/h9,18-19H,1,10-11H2,2-8H3. The number of hydrogen-bond donors (Lipinski definition) is 0. The Morgan fingerprint density at radius 3 is 2.24 bits per heavy atom. The lowest BCUT2D eigenvalue weighted by Gasteiger charge is -2.35. The molecule has 0 amide bonds. The average molecular weight is 367 g/mol. The molecule has 0 fully saturated rings. The molecule has 9 heteroatoms. The van der Waals surface area contributed by atoms with Crippen LogP contribution in [0, 0.1) is 0 Å². The first-order chi connectivity index (χ1) is 9.47. The van der Waals surface area contributed by atoms with Crippen molar-refractivity contribution in [1.82, 2.24) is 0 Å². The van der Waals surface area contributed by atoms with Crippen molar-refractivity contribution >= 4 is 41.2 Å². The van der Waals surface area contributed by atoms with Gasteiger partial charge in [0.05, 0.1) is 6.61 Å². The lowest BCUT2D eigenvalue weighted by Crippen LogP contribution is -2.50. The van der Waals surface area contributed by atoms with Gasteiger partial charge in [0.25, 0.3) is 9.28 Å². The van der Waals surface area contributed by atoms with Crippen LogP contribution >= 0.6 is 0 Å². The van der Waals surface area contributed by atoms with E-state index >= 15 is 0 Å². The quantitative estimate of drug-likeness (QED) is 0.338. The fraction of sp³-hybridized carbons (Fsp3) is 0.750. The van der Waals surface area contributed by atoms with Gasteiger partial charge in [-0.2, -0.15) is 0 Å². The van der Waals surface area contributed by atoms with Gasteiger partial charge >= 0.3 is 14.5 Å². The van der Waals surface area contributed by atoms with E-state index in [2.05, 4.69) is 52.4 Å². The fourth-order valence-electron chi connectivity index (χ4n) is 2.01. The monoisotopic (exact) mass is 366 g/mol. The van der Waals surface area contributed by atoms with Gasteiger partial charge < -0.3 is 17.1 Å². The third kappa shape index (κ3) is 11.2. The third-order valence-electron chi connectivity index (χ3n) is 2.55. The van der Waals surface area contributed by atoms with Crippen molar-refractivity contribution in [3.63, 3.8) is 0 Å². The van der Waals surface area contributed by atoms with E-state index < -0.39 is 35.2 Å². The minimum Gasteiger partial charge on any atom is -0.463 e. The van der Waals surface area contributed by atoms with Crippen LogP contribution in [0.3, 0.4) is 0 Å². The van der Waals surface area contributed by atoms with Crippen molar-refractivity contribution in [3.8, 4) is 0 Å². The van der Waals surface area contributed by atoms with Gasteiger partial charge in [0.1, 0.15) is 0 Å². The highest BCUT2D eigenvalue weighted by Gasteiger charge is 2.36. The summed E-state index contributed by atoms with van der Waals surface area (Å²) in [5.41, 5.74) is 0. The summed E-state index contributed by atoms with van der Waals surface area (Å²) >= 11 is 0. The van der Waals surface area contributed by atoms with Gasteiger partial charge in [0, 0.05) is 6.08 Å². The van der Waals surface area contributed by atoms with E-state index in [1.165, 1.54) is 6.08 Å². The van der Waals surface area contributed by atoms with Crippen molar-refractivity contribution in [2.24, 2.45) is 0 Å². The summed E-state index contributed by atoms with van der Waals surface area (Å²) in [7, 11) is -6.77. The molecule has 0 radical (unpaired) electrons. The zero-order valence-electron chi connectivity index (χ0n) is 14.4. The molecule has 0 heterocycles. The summed E-state index contributed by atoms with van der Waals surface area (Å²) in [5.74, 6) is -0.385. The number of carbonyl (C=O) groups excluding carboxylic acids is 1. The average Bonchev–Trinajstić information content (AvgIpc) is 2.24. The molecule has 124 valence electrons. The molecule has 0 aromatic heterocycles. The zero-order chi connectivity index (χ0) is 16.7. The van der Waals surface area contributed by atoms with Crippen LogP contribution in [0.4, 0.5) is 0 Å². The Balaban J connectivity index is 4.32. The summed E-state index contributed by atoms with van der Waals surface area (Å²) in [6.45, 7) is 18.5. The van der Waals surface area contributed by atoms with Crippen molar-refractivity contribution in [1.29, 1.82) is 0 Å². The Morgan fingerprint density at radius 2 is 1.76 bits per heavy atom. The second-order valence-electron chi connectivity index (χ2n) is 6.25. The number of esters is 1. The predicted octanol–water partition coefficient (Wildman–Crippen LogP) is 2.51. The summed E-state index contributed by atoms with van der Waals surface area (Å²) in [6, 6.07) is 0.752. The van der Waals surface area contributed by atoms with Crippen LogP contribution in [0.15, 0.2) is 12.7 Å². The molecule has 0 bridgehead atoms. The van der Waals surface area contributed by atoms with E-state index in [1.807, 2.05) is 0 Å². The third-order valence-corrected chi connectivity index (χ3v) is 15.4. The van der Waals surface area contributed by atoms with Crippen molar-refractivity contribution in [3.05, 3.63) is 12.7 Å². The van der Waals surface area contributed by atoms with Crippen LogP contribution in [0.5, 0.6) is 0 Å². The Morgan fingerprint density at radius 1 is 1.19 bits per heavy atom. The van der Waals surface area contributed by atoms with Gasteiger partial charge in [-0.05, 0) is 51.9 Å². The number of rotatable bonds is 10. The summed E-state index contributed by atoms with van der Waals surface area (Å²) < 4.78 is 23.3. The second-order valence-corrected chi connectivity index (χ2v) is 19.2. The molecule has 1 atom stereocenters. The number of carbonyl (C=O) groups is 1. The van der Waals surface area contributed by atoms with Crippen LogP contribution in [0.2, 0.25) is 51.9 Å². The number of hydrogen-bond acceptors (Lipinski definition) is 5. The highest BCUT2D eigenvalue weighted by atomic mass is 28.5. The SMILES string of the molecule is C=CC(=O)OCC[Si](C)(C)O[Si](C)(C)O[SiH](C)O[SiH](C)C. The van der Waals surface area contributed by atoms with Crippen LogP contribution in [-0.2, 0) is 21.9 Å². The van der Waals surface area contributed by atoms with Gasteiger partial charge in [-0.1, -0.05) is 6.58 Å². The molecule has 0 aromatic rings. The Kier molecular flexibility index (Phi) is 9.16. The highest BCUT2D eigenvalue weighted by Crippen LogP contribution is 2.20. The molecule has 0 spiro atoms. The molecule has 0 aliphatic heterocycles. The summed E-state index contributed by atoms with van der Waals surface area (Å²) in [5, 5.41) is 0. The smallest absolute Gasteiger partial charge is 0.330 e. The maximum atomic E-state index is 11.0. The van der Waals surface area contributed by atoms with Gasteiger partial charge in [-0.25, -0.2) is 4.79 Å². The maximum absolute atomic E-state index is 11.0. The van der Waals surface area contributed by atoms with Crippen LogP contribution < -0.4 is 0 Å². The molecular formula is C12H30O5Si4. The van der Waals surface area contributed by atoms with E-state index in [-0.39, 0.29) is 5.97 Å². The largest absolute Gasteiger partial charge is 0.463 e. The molecular weight excluding hydrogens is 336 g/mol. The van der Waals surface area contributed by atoms with Gasteiger partial charge in [-0.15, -0.1) is 0 Å². The number of ether oxygens (including phenoxy) is 1. The fourth-order valence-corrected chi connectivity index (χ4v) is 15.9. The Labute approximate surface area is 134 Å². The molecule has 1 unspecified atom stereocenters. The molecule has 0 aromatic carbocycles. The van der Waals surface area contributed by atoms with Gasteiger partial charge in [0.2, 0.25) is 0 Å². The normalized spacial score (nSPS) is 14.1. The highest BCUT2D eigenvalue weighted by molar-refractivity contribution is 6.84. The first-order valence-corrected chi connectivity index (χ1v) is 18.1. The van der Waals surface area contributed by atoms with E-state index in [0.29, 0.717) is 6.61 Å². The van der Waals surface area contributed by atoms with Crippen molar-refractivity contribution in [2.45, 2.75) is 51.9 Å². The Bertz CT molecular complexity index is 347. The van der Waals surface area contributed by atoms with Crippen LogP contribution in [0.25, 0.3) is 0 Å². The van der Waals surface area contributed by atoms with Crippen LogP contribution in [0.1, 0.15) is 0 Å². The van der Waals surface area contributed by atoms with E-state index in [0.717, 1.165) is 6.04 Å². The maximum Gasteiger partial charge on any atom is 0.330 e. The molecule has 0 aliphatic rings. The summed E-state index contributed by atoms with van der Waals surface area (Å²) in [4.78, 5) is 11.0. The van der Waals surface area contributed by atoms with Crippen molar-refractivity contribution in [2.75, 3.05) is 6.61 Å². The minimum absolute atomic E-state index is 0.372. The molecule has 0 saturated heterocycles. The predicted molar refractivity (Wildman–Crippen MR) is 96.1 cm³/mol. The van der Waals surface area contributed by atoms with Crippen molar-refractivity contribution < 1.29 is 21.9 Å². The van der Waals surface area contributed by atoms with Crippen LogP contribution in [-0.4, -0.2) is 47.8 Å². The van der Waals surface area contributed by atoms with E-state index in [1.54, 1.807) is 0 Å². The Hall–Kier alpha value is -0.0425. The molecule has 21 heavy (non-hydrogen) atoms. The second kappa shape index (κ2) is 9.18. The first kappa shape index (κ1) is 21.0.